The average Bonchev–Trinajstić information content (AvgIpc) is 3.92. The highest BCUT2D eigenvalue weighted by Gasteiger charge is 2.55. The van der Waals surface area contributed by atoms with Crippen LogP contribution in [0.4, 0.5) is 0 Å². The molecule has 6 aliphatic carbocycles. The molecule has 0 unspecified atom stereocenters. The Bertz CT molecular complexity index is 2250. The van der Waals surface area contributed by atoms with Crippen molar-refractivity contribution in [2.75, 3.05) is 0 Å². The maximum atomic E-state index is 9.71. The summed E-state index contributed by atoms with van der Waals surface area (Å²) in [6.45, 7) is 15.1. The van der Waals surface area contributed by atoms with Crippen molar-refractivity contribution in [3.63, 3.8) is 0 Å². The molecule has 0 aliphatic heterocycles. The molecule has 0 N–H and O–H groups in total. The Morgan fingerprint density at radius 1 is 0.633 bits per heavy atom. The van der Waals surface area contributed by atoms with Crippen molar-refractivity contribution < 1.29 is 0 Å². The first-order valence-corrected chi connectivity index (χ1v) is 20.4. The SMILES string of the molecule is [C-]#[N+]/C(C#N)=C1\C=C(c2cc3sc4c(c3s2)C2(CCCCC2)c2c-4sc3c2C2(CCCCC2)C(C2=C/C(=C(\C#N)[N+]#[C-])CCC2)=C3)CCC1. The first-order chi connectivity index (χ1) is 24.0. The Morgan fingerprint density at radius 3 is 1.86 bits per heavy atom. The maximum Gasteiger partial charge on any atom is 0.265 e. The van der Waals surface area contributed by atoms with E-state index in [1.807, 2.05) is 22.7 Å². The summed E-state index contributed by atoms with van der Waals surface area (Å²) < 4.78 is 2.88. The van der Waals surface area contributed by atoms with Gasteiger partial charge in [-0.15, -0.1) is 34.0 Å². The van der Waals surface area contributed by atoms with Crippen LogP contribution in [0.15, 0.2) is 51.9 Å². The molecule has 242 valence electrons. The summed E-state index contributed by atoms with van der Waals surface area (Å²) in [5.74, 6) is 0. The molecular weight excluding hydrogens is 657 g/mol. The fourth-order valence-corrected chi connectivity index (χ4v) is 14.8. The topological polar surface area (TPSA) is 56.3 Å². The van der Waals surface area contributed by atoms with Gasteiger partial charge in [0.25, 0.3) is 11.4 Å². The van der Waals surface area contributed by atoms with Crippen molar-refractivity contribution in [3.8, 4) is 21.9 Å². The standard InChI is InChI=1S/C42H36N4S3/c1-45-30(23-43)26-12-9-11-25(19-26)29-21-33-35(41(29)15-5-3-6-16-41)36-39(48-33)40-37(42(36)17-7-4-8-18-42)38-34(49-40)22-32(47-38)28-14-10-13-27(20-28)31(24-44)46-2/h19-22H,3-18H2/b30-26+,31-27-. The minimum absolute atomic E-state index is 0.0339. The van der Waals surface area contributed by atoms with Crippen molar-refractivity contribution >= 4 is 55.1 Å². The molecule has 0 bridgehead atoms. The number of hydrogen-bond donors (Lipinski definition) is 0. The third kappa shape index (κ3) is 4.46. The molecule has 9 rings (SSSR count). The molecule has 49 heavy (non-hydrogen) atoms. The summed E-state index contributed by atoms with van der Waals surface area (Å²) in [6.07, 6.45) is 25.1. The number of rotatable bonds is 2. The molecule has 6 aliphatic rings. The fraction of sp³-hybridized carbons (Fsp3) is 0.429. The monoisotopic (exact) mass is 692 g/mol. The Hall–Kier alpha value is -3.98. The average molecular weight is 693 g/mol. The van der Waals surface area contributed by atoms with Gasteiger partial charge in [0, 0.05) is 35.7 Å². The van der Waals surface area contributed by atoms with Crippen LogP contribution in [0.3, 0.4) is 0 Å². The van der Waals surface area contributed by atoms with Gasteiger partial charge in [0.05, 0.1) is 34.9 Å². The highest BCUT2D eigenvalue weighted by molar-refractivity contribution is 7.32. The van der Waals surface area contributed by atoms with E-state index < -0.39 is 0 Å². The largest absolute Gasteiger partial charge is 0.265 e. The van der Waals surface area contributed by atoms with E-state index in [9.17, 15) is 10.5 Å². The molecule has 2 spiro atoms. The second-order valence-electron chi connectivity index (χ2n) is 14.7. The zero-order chi connectivity index (χ0) is 33.3. The van der Waals surface area contributed by atoms with E-state index in [0.717, 1.165) is 49.7 Å². The summed E-state index contributed by atoms with van der Waals surface area (Å²) in [7, 11) is 0. The molecule has 0 amide bonds. The lowest BCUT2D eigenvalue weighted by molar-refractivity contribution is 0.323. The zero-order valence-electron chi connectivity index (χ0n) is 27.6. The second-order valence-corrected chi connectivity index (χ2v) is 17.9. The van der Waals surface area contributed by atoms with E-state index in [1.165, 1.54) is 105 Å². The third-order valence-corrected chi connectivity index (χ3v) is 16.1. The quantitative estimate of drug-likeness (QED) is 0.198. The highest BCUT2D eigenvalue weighted by Crippen LogP contribution is 2.69. The molecule has 3 aromatic heterocycles. The number of fused-ring (bicyclic) bond motifs is 10. The lowest BCUT2D eigenvalue weighted by atomic mass is 9.60. The van der Waals surface area contributed by atoms with Crippen molar-refractivity contribution in [2.45, 2.75) is 114 Å². The van der Waals surface area contributed by atoms with Gasteiger partial charge in [0.1, 0.15) is 0 Å². The first-order valence-electron chi connectivity index (χ1n) is 18.0. The first kappa shape index (κ1) is 31.0. The molecule has 3 heterocycles. The molecule has 0 radical (unpaired) electrons. The minimum atomic E-state index is 0.0339. The van der Waals surface area contributed by atoms with E-state index >= 15 is 0 Å². The fourth-order valence-electron chi connectivity index (χ4n) is 10.3. The Balaban J connectivity index is 1.21. The van der Waals surface area contributed by atoms with Gasteiger partial charge >= 0.3 is 0 Å². The van der Waals surface area contributed by atoms with Gasteiger partial charge < -0.3 is 0 Å². The van der Waals surface area contributed by atoms with Gasteiger partial charge in [-0.1, -0.05) is 50.7 Å². The summed E-state index contributed by atoms with van der Waals surface area (Å²) in [5.41, 5.74) is 11.6. The van der Waals surface area contributed by atoms with Gasteiger partial charge in [-0.2, -0.15) is 0 Å². The number of nitrogens with zero attached hydrogens (tertiary/aromatic N) is 4. The Morgan fingerprint density at radius 2 is 1.22 bits per heavy atom. The molecule has 2 saturated carbocycles. The number of thiophene rings is 3. The Labute approximate surface area is 300 Å². The van der Waals surface area contributed by atoms with Gasteiger partial charge in [0.2, 0.25) is 0 Å². The molecule has 7 heteroatoms. The smallest absolute Gasteiger partial charge is 0.226 e. The summed E-state index contributed by atoms with van der Waals surface area (Å²) in [4.78, 5) is 13.0. The molecule has 4 nitrogen and oxygen atoms in total. The van der Waals surface area contributed by atoms with Crippen LogP contribution in [-0.2, 0) is 10.8 Å². The highest BCUT2D eigenvalue weighted by atomic mass is 32.1. The van der Waals surface area contributed by atoms with Crippen LogP contribution in [0.2, 0.25) is 0 Å². The zero-order valence-corrected chi connectivity index (χ0v) is 30.1. The van der Waals surface area contributed by atoms with Crippen LogP contribution in [0.5, 0.6) is 0 Å². The predicted molar refractivity (Wildman–Crippen MR) is 202 cm³/mol. The van der Waals surface area contributed by atoms with Crippen LogP contribution < -0.4 is 0 Å². The van der Waals surface area contributed by atoms with Crippen LogP contribution in [0, 0.1) is 35.8 Å². The third-order valence-electron chi connectivity index (χ3n) is 12.3. The van der Waals surface area contributed by atoms with E-state index in [2.05, 4.69) is 57.5 Å². The normalized spacial score (nSPS) is 23.7. The lowest BCUT2D eigenvalue weighted by Crippen LogP contribution is -2.35. The predicted octanol–water partition coefficient (Wildman–Crippen LogP) is 12.9. The molecule has 2 fully saturated rings. The van der Waals surface area contributed by atoms with E-state index in [1.54, 1.807) is 21.6 Å². The number of hydrogen-bond acceptors (Lipinski definition) is 5. The molecular formula is C42H36N4S3. The number of allylic oxidation sites excluding steroid dienone is 9. The van der Waals surface area contributed by atoms with E-state index in [0.29, 0.717) is 0 Å². The van der Waals surface area contributed by atoms with Crippen LogP contribution in [0.1, 0.15) is 129 Å². The maximum absolute atomic E-state index is 9.71. The van der Waals surface area contributed by atoms with E-state index in [4.69, 9.17) is 13.1 Å². The van der Waals surface area contributed by atoms with E-state index in [-0.39, 0.29) is 22.2 Å². The van der Waals surface area contributed by atoms with Gasteiger partial charge in [-0.3, -0.25) is 0 Å². The van der Waals surface area contributed by atoms with Crippen LogP contribution in [-0.4, -0.2) is 0 Å². The molecule has 0 aromatic carbocycles. The summed E-state index contributed by atoms with van der Waals surface area (Å²) >= 11 is 6.03. The number of nitriles is 2. The van der Waals surface area contributed by atoms with Crippen molar-refractivity contribution in [1.82, 2.24) is 0 Å². The summed E-state index contributed by atoms with van der Waals surface area (Å²) in [6, 6.07) is 6.73. The molecule has 0 saturated heterocycles. The lowest BCUT2D eigenvalue weighted by Gasteiger charge is -2.43. The minimum Gasteiger partial charge on any atom is -0.226 e. The van der Waals surface area contributed by atoms with Crippen LogP contribution in [0.25, 0.3) is 40.5 Å². The van der Waals surface area contributed by atoms with Crippen molar-refractivity contribution in [3.05, 3.63) is 101 Å². The molecule has 0 atom stereocenters. The van der Waals surface area contributed by atoms with Crippen molar-refractivity contribution in [2.24, 2.45) is 0 Å². The summed E-state index contributed by atoms with van der Waals surface area (Å²) in [5, 5.41) is 19.3. The van der Waals surface area contributed by atoms with Gasteiger partial charge in [-0.25, -0.2) is 20.2 Å². The van der Waals surface area contributed by atoms with Crippen molar-refractivity contribution in [1.29, 1.82) is 10.5 Å². The van der Waals surface area contributed by atoms with Gasteiger partial charge in [-0.05, 0) is 115 Å². The second kappa shape index (κ2) is 11.8. The van der Waals surface area contributed by atoms with Gasteiger partial charge in [0.15, 0.2) is 0 Å². The molecule has 3 aromatic rings. The van der Waals surface area contributed by atoms with Crippen LogP contribution >= 0.6 is 34.0 Å². The Kier molecular flexibility index (Phi) is 7.49.